The van der Waals surface area contributed by atoms with Crippen LogP contribution in [0.3, 0.4) is 0 Å². The highest BCUT2D eigenvalue weighted by atomic mass is 16.2. The van der Waals surface area contributed by atoms with E-state index in [2.05, 4.69) is 10.6 Å². The standard InChI is InChI=1S/C22H25N3O3/c1-15-9-11-18(12-10-15)22(3)20(27)25(21(28)24-22)14-19(26)23-13-16(2)17-7-5-4-6-8-17/h4-12,16H,13-14H2,1-3H3,(H,23,26)(H,24,28)/t16-,22-/m0/s1. The fraction of sp³-hybridized carbons (Fsp3) is 0.318. The number of imide groups is 1. The number of carbonyl (C=O) groups excluding carboxylic acids is 3. The average molecular weight is 379 g/mol. The molecule has 4 amide bonds. The van der Waals surface area contributed by atoms with Crippen molar-refractivity contribution < 1.29 is 14.4 Å². The molecular formula is C22H25N3O3. The van der Waals surface area contributed by atoms with Crippen LogP contribution in [0.25, 0.3) is 0 Å². The first-order chi connectivity index (χ1) is 13.3. The van der Waals surface area contributed by atoms with Gasteiger partial charge in [0.2, 0.25) is 5.91 Å². The molecule has 6 heteroatoms. The van der Waals surface area contributed by atoms with E-state index in [-0.39, 0.29) is 18.4 Å². The zero-order valence-corrected chi connectivity index (χ0v) is 16.4. The van der Waals surface area contributed by atoms with E-state index in [1.54, 1.807) is 6.92 Å². The number of aryl methyl sites for hydroxylation is 1. The number of amides is 4. The third-order valence-corrected chi connectivity index (χ3v) is 5.18. The van der Waals surface area contributed by atoms with Gasteiger partial charge in [-0.2, -0.15) is 0 Å². The third-order valence-electron chi connectivity index (χ3n) is 5.18. The number of rotatable bonds is 6. The summed E-state index contributed by atoms with van der Waals surface area (Å²) < 4.78 is 0. The van der Waals surface area contributed by atoms with E-state index in [0.717, 1.165) is 16.0 Å². The zero-order chi connectivity index (χ0) is 20.3. The lowest BCUT2D eigenvalue weighted by Crippen LogP contribution is -2.43. The maximum atomic E-state index is 12.9. The van der Waals surface area contributed by atoms with E-state index in [4.69, 9.17) is 0 Å². The third kappa shape index (κ3) is 3.91. The molecule has 1 saturated heterocycles. The molecule has 2 atom stereocenters. The van der Waals surface area contributed by atoms with Gasteiger partial charge < -0.3 is 10.6 Å². The van der Waals surface area contributed by atoms with Crippen LogP contribution in [0.15, 0.2) is 54.6 Å². The second-order valence-corrected chi connectivity index (χ2v) is 7.43. The number of nitrogens with zero attached hydrogens (tertiary/aromatic N) is 1. The quantitative estimate of drug-likeness (QED) is 0.758. The Morgan fingerprint density at radius 2 is 1.75 bits per heavy atom. The van der Waals surface area contributed by atoms with Gasteiger partial charge >= 0.3 is 6.03 Å². The summed E-state index contributed by atoms with van der Waals surface area (Å²) in [6.45, 7) is 5.76. The van der Waals surface area contributed by atoms with Crippen molar-refractivity contribution in [2.24, 2.45) is 0 Å². The van der Waals surface area contributed by atoms with Gasteiger partial charge in [0.1, 0.15) is 12.1 Å². The second kappa shape index (κ2) is 7.84. The summed E-state index contributed by atoms with van der Waals surface area (Å²) in [5, 5.41) is 5.53. The molecule has 3 rings (SSSR count). The second-order valence-electron chi connectivity index (χ2n) is 7.43. The number of hydrogen-bond donors (Lipinski definition) is 2. The Kier molecular flexibility index (Phi) is 5.49. The SMILES string of the molecule is Cc1ccc([C@]2(C)NC(=O)N(CC(=O)NC[C@H](C)c3ccccc3)C2=O)cc1. The topological polar surface area (TPSA) is 78.5 Å². The Hall–Kier alpha value is -3.15. The maximum Gasteiger partial charge on any atom is 0.325 e. The lowest BCUT2D eigenvalue weighted by atomic mass is 9.91. The van der Waals surface area contributed by atoms with Gasteiger partial charge in [0.05, 0.1) is 0 Å². The molecule has 1 fully saturated rings. The molecule has 0 aromatic heterocycles. The molecule has 1 aliphatic rings. The Morgan fingerprint density at radius 3 is 2.39 bits per heavy atom. The highest BCUT2D eigenvalue weighted by molar-refractivity contribution is 6.09. The van der Waals surface area contributed by atoms with Crippen LogP contribution in [0.5, 0.6) is 0 Å². The predicted molar refractivity (Wildman–Crippen MR) is 107 cm³/mol. The monoisotopic (exact) mass is 379 g/mol. The molecule has 2 aromatic rings. The van der Waals surface area contributed by atoms with Crippen LogP contribution in [0.4, 0.5) is 4.79 Å². The highest BCUT2D eigenvalue weighted by Crippen LogP contribution is 2.28. The smallest absolute Gasteiger partial charge is 0.325 e. The molecule has 28 heavy (non-hydrogen) atoms. The zero-order valence-electron chi connectivity index (χ0n) is 16.4. The molecule has 1 aliphatic heterocycles. The first-order valence-electron chi connectivity index (χ1n) is 9.34. The largest absolute Gasteiger partial charge is 0.354 e. The number of carbonyl (C=O) groups is 3. The molecule has 0 radical (unpaired) electrons. The van der Waals surface area contributed by atoms with E-state index in [0.29, 0.717) is 12.1 Å². The minimum Gasteiger partial charge on any atom is -0.354 e. The number of hydrogen-bond acceptors (Lipinski definition) is 3. The van der Waals surface area contributed by atoms with E-state index < -0.39 is 17.5 Å². The van der Waals surface area contributed by atoms with E-state index in [9.17, 15) is 14.4 Å². The van der Waals surface area contributed by atoms with Gasteiger partial charge in [-0.1, -0.05) is 67.1 Å². The fourth-order valence-corrected chi connectivity index (χ4v) is 3.29. The lowest BCUT2D eigenvalue weighted by Gasteiger charge is -2.22. The van der Waals surface area contributed by atoms with Crippen LogP contribution in [-0.2, 0) is 15.1 Å². The Balaban J connectivity index is 1.62. The molecule has 6 nitrogen and oxygen atoms in total. The number of nitrogens with one attached hydrogen (secondary N) is 2. The maximum absolute atomic E-state index is 12.9. The van der Waals surface area contributed by atoms with Gasteiger partial charge in [-0.25, -0.2) is 4.79 Å². The van der Waals surface area contributed by atoms with E-state index >= 15 is 0 Å². The molecule has 2 aromatic carbocycles. The van der Waals surface area contributed by atoms with Crippen molar-refractivity contribution >= 4 is 17.8 Å². The van der Waals surface area contributed by atoms with Crippen molar-refractivity contribution in [3.8, 4) is 0 Å². The lowest BCUT2D eigenvalue weighted by molar-refractivity contribution is -0.134. The summed E-state index contributed by atoms with van der Waals surface area (Å²) in [6, 6.07) is 16.7. The first kappa shape index (κ1) is 19.6. The molecule has 146 valence electrons. The summed E-state index contributed by atoms with van der Waals surface area (Å²) >= 11 is 0. The van der Waals surface area contributed by atoms with Crippen molar-refractivity contribution in [1.29, 1.82) is 0 Å². The minimum absolute atomic E-state index is 0.131. The van der Waals surface area contributed by atoms with Crippen molar-refractivity contribution in [1.82, 2.24) is 15.5 Å². The van der Waals surface area contributed by atoms with Gasteiger partial charge in [-0.15, -0.1) is 0 Å². The van der Waals surface area contributed by atoms with Crippen LogP contribution in [-0.4, -0.2) is 35.8 Å². The molecule has 0 unspecified atom stereocenters. The summed E-state index contributed by atoms with van der Waals surface area (Å²) in [5.41, 5.74) is 1.71. The van der Waals surface area contributed by atoms with Gasteiger partial charge in [-0.05, 0) is 30.9 Å². The minimum atomic E-state index is -1.16. The summed E-state index contributed by atoms with van der Waals surface area (Å²) in [7, 11) is 0. The average Bonchev–Trinajstić information content (AvgIpc) is 2.91. The molecule has 1 heterocycles. The summed E-state index contributed by atoms with van der Waals surface area (Å²) in [5.74, 6) is -0.655. The molecule has 2 N–H and O–H groups in total. The summed E-state index contributed by atoms with van der Waals surface area (Å²) in [6.07, 6.45) is 0. The number of urea groups is 1. The van der Waals surface area contributed by atoms with Crippen LogP contribution < -0.4 is 10.6 Å². The Labute approximate surface area is 164 Å². The van der Waals surface area contributed by atoms with Gasteiger partial charge in [0, 0.05) is 6.54 Å². The van der Waals surface area contributed by atoms with Gasteiger partial charge in [-0.3, -0.25) is 14.5 Å². The van der Waals surface area contributed by atoms with Crippen molar-refractivity contribution in [2.45, 2.75) is 32.2 Å². The fourth-order valence-electron chi connectivity index (χ4n) is 3.29. The van der Waals surface area contributed by atoms with Crippen molar-refractivity contribution in [3.63, 3.8) is 0 Å². The molecule has 0 aliphatic carbocycles. The Bertz CT molecular complexity index is 880. The molecule has 0 spiro atoms. The van der Waals surface area contributed by atoms with Crippen LogP contribution in [0.1, 0.15) is 36.5 Å². The molecular weight excluding hydrogens is 354 g/mol. The van der Waals surface area contributed by atoms with Gasteiger partial charge in [0.15, 0.2) is 0 Å². The normalized spacial score (nSPS) is 20.0. The summed E-state index contributed by atoms with van der Waals surface area (Å²) in [4.78, 5) is 38.5. The number of benzene rings is 2. The van der Waals surface area contributed by atoms with E-state index in [1.165, 1.54) is 0 Å². The van der Waals surface area contributed by atoms with Crippen LogP contribution >= 0.6 is 0 Å². The highest BCUT2D eigenvalue weighted by Gasteiger charge is 2.49. The molecule has 0 bridgehead atoms. The predicted octanol–water partition coefficient (Wildman–Crippen LogP) is 2.68. The van der Waals surface area contributed by atoms with E-state index in [1.807, 2.05) is 68.4 Å². The first-order valence-corrected chi connectivity index (χ1v) is 9.34. The van der Waals surface area contributed by atoms with Crippen LogP contribution in [0.2, 0.25) is 0 Å². The van der Waals surface area contributed by atoms with Crippen molar-refractivity contribution in [3.05, 3.63) is 71.3 Å². The Morgan fingerprint density at radius 1 is 1.11 bits per heavy atom. The van der Waals surface area contributed by atoms with Gasteiger partial charge in [0.25, 0.3) is 5.91 Å². The van der Waals surface area contributed by atoms with Crippen LogP contribution in [0, 0.1) is 6.92 Å². The molecule has 0 saturated carbocycles. The van der Waals surface area contributed by atoms with Crippen molar-refractivity contribution in [2.75, 3.05) is 13.1 Å².